The summed E-state index contributed by atoms with van der Waals surface area (Å²) in [6.07, 6.45) is 0.180. The molecule has 0 bridgehead atoms. The molecule has 0 fully saturated rings. The lowest BCUT2D eigenvalue weighted by Gasteiger charge is -2.20. The van der Waals surface area contributed by atoms with Crippen LogP contribution in [0.25, 0.3) is 0 Å². The summed E-state index contributed by atoms with van der Waals surface area (Å²) in [7, 11) is 3.08. The summed E-state index contributed by atoms with van der Waals surface area (Å²) >= 11 is 0. The zero-order chi connectivity index (χ0) is 14.6. The van der Waals surface area contributed by atoms with E-state index >= 15 is 0 Å². The van der Waals surface area contributed by atoms with Gasteiger partial charge in [-0.3, -0.25) is 4.79 Å². The number of carbonyl (C=O) groups excluding carboxylic acids is 1. The molecule has 7 heteroatoms. The van der Waals surface area contributed by atoms with E-state index in [2.05, 4.69) is 5.32 Å². The van der Waals surface area contributed by atoms with Gasteiger partial charge in [-0.05, 0) is 12.1 Å². The molecule has 0 atom stereocenters. The molecule has 0 aliphatic heterocycles. The van der Waals surface area contributed by atoms with Crippen molar-refractivity contribution in [3.05, 3.63) is 23.5 Å². The molecule has 0 aliphatic carbocycles. The molecule has 4 N–H and O–H groups in total. The first kappa shape index (κ1) is 14.7. The average Bonchev–Trinajstić information content (AvgIpc) is 2.35. The first-order chi connectivity index (χ1) is 8.86. The Kier molecular flexibility index (Phi) is 4.68. The molecular formula is C12H16FN3O3. The topological polar surface area (TPSA) is 95.7 Å². The minimum Gasteiger partial charge on any atom is -0.478 e. The zero-order valence-corrected chi connectivity index (χ0v) is 10.7. The van der Waals surface area contributed by atoms with Gasteiger partial charge in [0.25, 0.3) is 0 Å². The molecular weight excluding hydrogens is 253 g/mol. The van der Waals surface area contributed by atoms with E-state index in [-0.39, 0.29) is 35.8 Å². The number of carboxylic acids is 1. The fraction of sp³-hybridized carbons (Fsp3) is 0.333. The number of hydrogen-bond donors (Lipinski definition) is 3. The van der Waals surface area contributed by atoms with Crippen molar-refractivity contribution in [1.82, 2.24) is 5.32 Å². The van der Waals surface area contributed by atoms with Crippen LogP contribution < -0.4 is 16.0 Å². The fourth-order valence-electron chi connectivity index (χ4n) is 1.57. The smallest absolute Gasteiger partial charge is 0.337 e. The Balaban J connectivity index is 2.96. The highest BCUT2D eigenvalue weighted by Gasteiger charge is 2.16. The van der Waals surface area contributed by atoms with Crippen LogP contribution in [0.1, 0.15) is 16.8 Å². The number of carboxylic acid groups (broad SMARTS) is 1. The number of nitrogens with one attached hydrogen (secondary N) is 1. The quantitative estimate of drug-likeness (QED) is 0.683. The predicted octanol–water partition coefficient (Wildman–Crippen LogP) is 0.678. The SMILES string of the molecule is CNC(=O)CCN(C)c1cc(C(=O)O)c(N)cc1F. The van der Waals surface area contributed by atoms with Crippen molar-refractivity contribution in [3.8, 4) is 0 Å². The number of amides is 1. The van der Waals surface area contributed by atoms with Gasteiger partial charge in [-0.2, -0.15) is 0 Å². The number of carbonyl (C=O) groups is 2. The lowest BCUT2D eigenvalue weighted by molar-refractivity contribution is -0.120. The Hall–Kier alpha value is -2.31. The Bertz CT molecular complexity index is 505. The second kappa shape index (κ2) is 6.03. The van der Waals surface area contributed by atoms with Crippen LogP contribution in [0.5, 0.6) is 0 Å². The molecule has 1 aromatic carbocycles. The predicted molar refractivity (Wildman–Crippen MR) is 69.7 cm³/mol. The van der Waals surface area contributed by atoms with Crippen LogP contribution in [-0.4, -0.2) is 37.6 Å². The third-order valence-corrected chi connectivity index (χ3v) is 2.71. The number of nitrogens with zero attached hydrogens (tertiary/aromatic N) is 1. The van der Waals surface area contributed by atoms with Crippen molar-refractivity contribution >= 4 is 23.3 Å². The average molecular weight is 269 g/mol. The van der Waals surface area contributed by atoms with Crippen LogP contribution in [0.4, 0.5) is 15.8 Å². The van der Waals surface area contributed by atoms with Gasteiger partial charge in [0.15, 0.2) is 0 Å². The van der Waals surface area contributed by atoms with E-state index in [0.717, 1.165) is 12.1 Å². The first-order valence-corrected chi connectivity index (χ1v) is 5.60. The second-order valence-electron chi connectivity index (χ2n) is 4.04. The summed E-state index contributed by atoms with van der Waals surface area (Å²) in [6.45, 7) is 0.263. The normalized spacial score (nSPS) is 10.1. The van der Waals surface area contributed by atoms with Crippen LogP contribution in [-0.2, 0) is 4.79 Å². The maximum atomic E-state index is 13.7. The van der Waals surface area contributed by atoms with E-state index in [4.69, 9.17) is 10.8 Å². The van der Waals surface area contributed by atoms with E-state index in [0.29, 0.717) is 0 Å². The summed E-state index contributed by atoms with van der Waals surface area (Å²) in [5.74, 6) is -2.03. The maximum absolute atomic E-state index is 13.7. The highest BCUT2D eigenvalue weighted by molar-refractivity contribution is 5.95. The van der Waals surface area contributed by atoms with Crippen molar-refractivity contribution < 1.29 is 19.1 Å². The van der Waals surface area contributed by atoms with Crippen LogP contribution in [0, 0.1) is 5.82 Å². The van der Waals surface area contributed by atoms with Gasteiger partial charge >= 0.3 is 5.97 Å². The Morgan fingerprint density at radius 1 is 1.47 bits per heavy atom. The van der Waals surface area contributed by atoms with Crippen molar-refractivity contribution in [1.29, 1.82) is 0 Å². The molecule has 0 unspecified atom stereocenters. The molecule has 1 rings (SSSR count). The van der Waals surface area contributed by atoms with Gasteiger partial charge in [-0.25, -0.2) is 9.18 Å². The van der Waals surface area contributed by atoms with E-state index in [9.17, 15) is 14.0 Å². The van der Waals surface area contributed by atoms with Gasteiger partial charge in [-0.1, -0.05) is 0 Å². The van der Waals surface area contributed by atoms with Crippen LogP contribution >= 0.6 is 0 Å². The van der Waals surface area contributed by atoms with Crippen LogP contribution in [0.15, 0.2) is 12.1 Å². The molecule has 0 aromatic heterocycles. The second-order valence-corrected chi connectivity index (χ2v) is 4.04. The number of benzene rings is 1. The largest absolute Gasteiger partial charge is 0.478 e. The van der Waals surface area contributed by atoms with Gasteiger partial charge in [0.1, 0.15) is 5.82 Å². The van der Waals surface area contributed by atoms with E-state index in [1.54, 1.807) is 7.05 Å². The molecule has 0 spiro atoms. The fourth-order valence-corrected chi connectivity index (χ4v) is 1.57. The van der Waals surface area contributed by atoms with Gasteiger partial charge in [0, 0.05) is 32.7 Å². The summed E-state index contributed by atoms with van der Waals surface area (Å²) in [6, 6.07) is 2.13. The highest BCUT2D eigenvalue weighted by Crippen LogP contribution is 2.25. The van der Waals surface area contributed by atoms with E-state index in [1.807, 2.05) is 0 Å². The summed E-state index contributed by atoms with van der Waals surface area (Å²) in [4.78, 5) is 23.5. The van der Waals surface area contributed by atoms with Gasteiger partial charge < -0.3 is 21.1 Å². The molecule has 6 nitrogen and oxygen atoms in total. The number of rotatable bonds is 5. The third kappa shape index (κ3) is 3.57. The van der Waals surface area contributed by atoms with Crippen LogP contribution in [0.2, 0.25) is 0 Å². The van der Waals surface area contributed by atoms with Crippen molar-refractivity contribution in [2.45, 2.75) is 6.42 Å². The van der Waals surface area contributed by atoms with Crippen molar-refractivity contribution in [2.24, 2.45) is 0 Å². The zero-order valence-electron chi connectivity index (χ0n) is 10.7. The van der Waals surface area contributed by atoms with Crippen molar-refractivity contribution in [3.63, 3.8) is 0 Å². The third-order valence-electron chi connectivity index (χ3n) is 2.71. The lowest BCUT2D eigenvalue weighted by Crippen LogP contribution is -2.27. The standard InChI is InChI=1S/C12H16FN3O3/c1-15-11(17)3-4-16(2)10-5-7(12(18)19)9(14)6-8(10)13/h5-6H,3-4,14H2,1-2H3,(H,15,17)(H,18,19). The Morgan fingerprint density at radius 2 is 2.11 bits per heavy atom. The summed E-state index contributed by atoms with van der Waals surface area (Å²) < 4.78 is 13.7. The minimum atomic E-state index is -1.22. The molecule has 0 aliphatic rings. The summed E-state index contributed by atoms with van der Waals surface area (Å²) in [5.41, 5.74) is 5.23. The molecule has 0 saturated carbocycles. The number of anilines is 2. The van der Waals surface area contributed by atoms with E-state index in [1.165, 1.54) is 11.9 Å². The molecule has 0 radical (unpaired) electrons. The Labute approximate surface area is 110 Å². The van der Waals surface area contributed by atoms with Gasteiger partial charge in [0.2, 0.25) is 5.91 Å². The molecule has 1 amide bonds. The number of halogens is 1. The Morgan fingerprint density at radius 3 is 2.63 bits per heavy atom. The molecule has 0 saturated heterocycles. The van der Waals surface area contributed by atoms with Gasteiger partial charge in [-0.15, -0.1) is 0 Å². The number of hydrogen-bond acceptors (Lipinski definition) is 4. The molecule has 1 aromatic rings. The number of aromatic carboxylic acids is 1. The summed E-state index contributed by atoms with van der Waals surface area (Å²) in [5, 5.41) is 11.4. The van der Waals surface area contributed by atoms with Crippen molar-refractivity contribution in [2.75, 3.05) is 31.3 Å². The number of nitrogen functional groups attached to an aromatic ring is 1. The molecule has 19 heavy (non-hydrogen) atoms. The number of nitrogens with two attached hydrogens (primary N) is 1. The van der Waals surface area contributed by atoms with Gasteiger partial charge in [0.05, 0.1) is 11.3 Å². The highest BCUT2D eigenvalue weighted by atomic mass is 19.1. The lowest BCUT2D eigenvalue weighted by atomic mass is 10.1. The molecule has 104 valence electrons. The van der Waals surface area contributed by atoms with Crippen LogP contribution in [0.3, 0.4) is 0 Å². The monoisotopic (exact) mass is 269 g/mol. The maximum Gasteiger partial charge on any atom is 0.337 e. The molecule has 0 heterocycles. The minimum absolute atomic E-state index is 0.0931. The first-order valence-electron chi connectivity index (χ1n) is 5.60. The van der Waals surface area contributed by atoms with E-state index < -0.39 is 11.8 Å².